The lowest BCUT2D eigenvalue weighted by atomic mass is 9.99. The molecule has 0 radical (unpaired) electrons. The van der Waals surface area contributed by atoms with Gasteiger partial charge < -0.3 is 14.5 Å². The van der Waals surface area contributed by atoms with Crippen LogP contribution in [0.25, 0.3) is 0 Å². The van der Waals surface area contributed by atoms with Crippen molar-refractivity contribution in [2.24, 2.45) is 11.8 Å². The highest BCUT2D eigenvalue weighted by molar-refractivity contribution is 5.67. The molecule has 1 aliphatic carbocycles. The molecule has 4 rings (SSSR count). The summed E-state index contributed by atoms with van der Waals surface area (Å²) in [7, 11) is 0. The first-order valence-corrected chi connectivity index (χ1v) is 10.1. The van der Waals surface area contributed by atoms with Crippen molar-refractivity contribution < 1.29 is 9.53 Å². The van der Waals surface area contributed by atoms with Crippen LogP contribution in [-0.4, -0.2) is 78.8 Å². The molecule has 0 spiro atoms. The molecule has 5 heteroatoms. The van der Waals surface area contributed by atoms with Gasteiger partial charge in [-0.2, -0.15) is 0 Å². The van der Waals surface area contributed by atoms with E-state index in [0.717, 1.165) is 43.8 Å². The molecule has 3 unspecified atom stereocenters. The molecule has 0 aromatic rings. The van der Waals surface area contributed by atoms with Gasteiger partial charge in [-0.25, -0.2) is 4.79 Å². The monoisotopic (exact) mass is 335 g/mol. The number of amides is 1. The molecule has 3 saturated heterocycles. The lowest BCUT2D eigenvalue weighted by Crippen LogP contribution is -2.48. The van der Waals surface area contributed by atoms with Gasteiger partial charge in [0.2, 0.25) is 0 Å². The van der Waals surface area contributed by atoms with Gasteiger partial charge in [0.05, 0.1) is 6.61 Å². The predicted octanol–water partition coefficient (Wildman–Crippen LogP) is 2.41. The van der Waals surface area contributed by atoms with Gasteiger partial charge in [0.25, 0.3) is 0 Å². The summed E-state index contributed by atoms with van der Waals surface area (Å²) in [6, 6.07) is 1.51. The number of likely N-dealkylation sites (tertiary alicyclic amines) is 3. The topological polar surface area (TPSA) is 36.0 Å². The maximum absolute atomic E-state index is 11.9. The second-order valence-electron chi connectivity index (χ2n) is 8.25. The largest absolute Gasteiger partial charge is 0.450 e. The molecule has 4 fully saturated rings. The molecule has 0 N–H and O–H groups in total. The molecule has 3 aliphatic heterocycles. The van der Waals surface area contributed by atoms with Crippen LogP contribution in [0.15, 0.2) is 0 Å². The molecule has 24 heavy (non-hydrogen) atoms. The van der Waals surface area contributed by atoms with Crippen molar-refractivity contribution in [3.63, 3.8) is 0 Å². The minimum atomic E-state index is -0.121. The average Bonchev–Trinajstić information content (AvgIpc) is 3.29. The van der Waals surface area contributed by atoms with Gasteiger partial charge in [-0.1, -0.05) is 0 Å². The number of hydrogen-bond donors (Lipinski definition) is 0. The zero-order chi connectivity index (χ0) is 16.5. The fourth-order valence-electron chi connectivity index (χ4n) is 5.19. The van der Waals surface area contributed by atoms with E-state index in [0.29, 0.717) is 12.6 Å². The van der Waals surface area contributed by atoms with Crippen molar-refractivity contribution in [3.05, 3.63) is 0 Å². The number of carbonyl (C=O) groups is 1. The second kappa shape index (κ2) is 7.20. The van der Waals surface area contributed by atoms with Gasteiger partial charge >= 0.3 is 6.09 Å². The van der Waals surface area contributed by atoms with Crippen molar-refractivity contribution in [3.8, 4) is 0 Å². The Morgan fingerprint density at radius 3 is 2.29 bits per heavy atom. The Labute approximate surface area is 146 Å². The summed E-state index contributed by atoms with van der Waals surface area (Å²) in [5, 5.41) is 0. The molecule has 3 heterocycles. The Kier molecular flexibility index (Phi) is 5.00. The number of carbonyl (C=O) groups excluding carboxylic acids is 1. The SMILES string of the molecule is CCOC(=O)N1CCCC(N2CCC(N3CC4CC4C3)CC2)CC1. The van der Waals surface area contributed by atoms with Crippen LogP contribution in [0.5, 0.6) is 0 Å². The van der Waals surface area contributed by atoms with Crippen molar-refractivity contribution in [2.45, 2.75) is 57.5 Å². The van der Waals surface area contributed by atoms with Crippen LogP contribution < -0.4 is 0 Å². The Morgan fingerprint density at radius 2 is 1.58 bits per heavy atom. The maximum atomic E-state index is 11.9. The van der Waals surface area contributed by atoms with Crippen molar-refractivity contribution in [2.75, 3.05) is 45.9 Å². The summed E-state index contributed by atoms with van der Waals surface area (Å²) in [4.78, 5) is 19.3. The number of fused-ring (bicyclic) bond motifs is 1. The normalized spacial score (nSPS) is 35.5. The van der Waals surface area contributed by atoms with Gasteiger partial charge in [0, 0.05) is 38.3 Å². The average molecular weight is 335 g/mol. The lowest BCUT2D eigenvalue weighted by Gasteiger charge is -2.40. The third kappa shape index (κ3) is 3.57. The fraction of sp³-hybridized carbons (Fsp3) is 0.947. The summed E-state index contributed by atoms with van der Waals surface area (Å²) in [5.74, 6) is 2.11. The van der Waals surface area contributed by atoms with Gasteiger partial charge in [-0.05, 0) is 70.4 Å². The lowest BCUT2D eigenvalue weighted by molar-refractivity contribution is 0.0825. The number of piperidine rings is 2. The number of rotatable bonds is 3. The summed E-state index contributed by atoms with van der Waals surface area (Å²) in [5.41, 5.74) is 0. The summed E-state index contributed by atoms with van der Waals surface area (Å²) in [6.07, 6.45) is 7.53. The van der Waals surface area contributed by atoms with Gasteiger partial charge in [-0.15, -0.1) is 0 Å². The van der Waals surface area contributed by atoms with Gasteiger partial charge in [0.1, 0.15) is 0 Å². The summed E-state index contributed by atoms with van der Waals surface area (Å²) < 4.78 is 5.17. The quantitative estimate of drug-likeness (QED) is 0.793. The van der Waals surface area contributed by atoms with Crippen LogP contribution in [0.2, 0.25) is 0 Å². The third-order valence-corrected chi connectivity index (χ3v) is 6.76. The Hall–Kier alpha value is -0.810. The zero-order valence-electron chi connectivity index (χ0n) is 15.2. The van der Waals surface area contributed by atoms with Crippen LogP contribution in [0, 0.1) is 11.8 Å². The first kappa shape index (κ1) is 16.6. The predicted molar refractivity (Wildman–Crippen MR) is 94.0 cm³/mol. The molecule has 136 valence electrons. The van der Waals surface area contributed by atoms with Crippen molar-refractivity contribution >= 4 is 6.09 Å². The second-order valence-corrected chi connectivity index (χ2v) is 8.25. The van der Waals surface area contributed by atoms with E-state index in [-0.39, 0.29) is 6.09 Å². The number of ether oxygens (including phenoxy) is 1. The molecular weight excluding hydrogens is 302 g/mol. The summed E-state index contributed by atoms with van der Waals surface area (Å²) >= 11 is 0. The molecule has 3 atom stereocenters. The van der Waals surface area contributed by atoms with Crippen LogP contribution in [0.3, 0.4) is 0 Å². The van der Waals surface area contributed by atoms with E-state index in [1.807, 2.05) is 11.8 Å². The van der Waals surface area contributed by atoms with Crippen molar-refractivity contribution in [1.82, 2.24) is 14.7 Å². The Morgan fingerprint density at radius 1 is 0.917 bits per heavy atom. The van der Waals surface area contributed by atoms with Gasteiger partial charge in [-0.3, -0.25) is 4.90 Å². The Balaban J connectivity index is 1.23. The molecule has 4 aliphatic rings. The third-order valence-electron chi connectivity index (χ3n) is 6.76. The van der Waals surface area contributed by atoms with E-state index in [1.54, 1.807) is 0 Å². The van der Waals surface area contributed by atoms with Crippen LogP contribution in [0.1, 0.15) is 45.4 Å². The summed E-state index contributed by atoms with van der Waals surface area (Å²) in [6.45, 7) is 9.35. The van der Waals surface area contributed by atoms with Crippen LogP contribution in [0.4, 0.5) is 4.79 Å². The molecule has 1 amide bonds. The fourth-order valence-corrected chi connectivity index (χ4v) is 5.19. The van der Waals surface area contributed by atoms with E-state index in [9.17, 15) is 4.79 Å². The zero-order valence-corrected chi connectivity index (χ0v) is 15.2. The highest BCUT2D eigenvalue weighted by Gasteiger charge is 2.47. The molecule has 1 saturated carbocycles. The Bertz CT molecular complexity index is 440. The van der Waals surface area contributed by atoms with E-state index in [4.69, 9.17) is 4.74 Å². The minimum absolute atomic E-state index is 0.121. The maximum Gasteiger partial charge on any atom is 0.409 e. The smallest absolute Gasteiger partial charge is 0.409 e. The van der Waals surface area contributed by atoms with Gasteiger partial charge in [0.15, 0.2) is 0 Å². The van der Waals surface area contributed by atoms with E-state index < -0.39 is 0 Å². The van der Waals surface area contributed by atoms with E-state index in [1.165, 1.54) is 51.9 Å². The highest BCUT2D eigenvalue weighted by Crippen LogP contribution is 2.46. The highest BCUT2D eigenvalue weighted by atomic mass is 16.6. The molecule has 0 aromatic carbocycles. The molecule has 5 nitrogen and oxygen atoms in total. The van der Waals surface area contributed by atoms with Crippen LogP contribution in [-0.2, 0) is 4.74 Å². The first-order valence-electron chi connectivity index (χ1n) is 10.1. The number of hydrogen-bond acceptors (Lipinski definition) is 4. The van der Waals surface area contributed by atoms with E-state index in [2.05, 4.69) is 9.80 Å². The molecular formula is C19H33N3O2. The molecule has 0 bridgehead atoms. The van der Waals surface area contributed by atoms with Crippen LogP contribution >= 0.6 is 0 Å². The minimum Gasteiger partial charge on any atom is -0.450 e. The number of nitrogens with zero attached hydrogens (tertiary/aromatic N) is 3. The van der Waals surface area contributed by atoms with E-state index >= 15 is 0 Å². The van der Waals surface area contributed by atoms with Crippen molar-refractivity contribution in [1.29, 1.82) is 0 Å². The first-order chi connectivity index (χ1) is 11.7. The molecule has 0 aromatic heterocycles. The standard InChI is InChI=1S/C19H33N3O2/c1-2-24-19(23)21-8-3-4-17(7-11-21)20-9-5-18(6-10-20)22-13-15-12-16(15)14-22/h15-18H,2-14H2,1H3.